The third-order valence-electron chi connectivity index (χ3n) is 3.27. The number of aromatic nitrogens is 2. The molecule has 0 amide bonds. The van der Waals surface area contributed by atoms with Crippen LogP contribution in [0, 0.1) is 5.82 Å². The lowest BCUT2D eigenvalue weighted by Crippen LogP contribution is -2.16. The van der Waals surface area contributed by atoms with Crippen LogP contribution in [0.15, 0.2) is 40.9 Å². The Morgan fingerprint density at radius 2 is 2.13 bits per heavy atom. The van der Waals surface area contributed by atoms with Gasteiger partial charge in [0.2, 0.25) is 11.8 Å². The zero-order valence-corrected chi connectivity index (χ0v) is 13.6. The second-order valence-electron chi connectivity index (χ2n) is 5.11. The van der Waals surface area contributed by atoms with Crippen molar-refractivity contribution in [1.82, 2.24) is 14.3 Å². The van der Waals surface area contributed by atoms with Crippen LogP contribution < -0.4 is 4.74 Å². The lowest BCUT2D eigenvalue weighted by Gasteiger charge is -2.12. The zero-order valence-electron chi connectivity index (χ0n) is 12.8. The fraction of sp³-hybridized carbons (Fsp3) is 0.250. The van der Waals surface area contributed by atoms with E-state index >= 15 is 0 Å². The predicted octanol–water partition coefficient (Wildman–Crippen LogP) is 3.58. The summed E-state index contributed by atoms with van der Waals surface area (Å²) < 4.78 is 28.6. The lowest BCUT2D eigenvalue weighted by atomic mass is 10.2. The highest BCUT2D eigenvalue weighted by Crippen LogP contribution is 2.24. The maximum absolute atomic E-state index is 13.8. The van der Waals surface area contributed by atoms with Crippen molar-refractivity contribution in [1.29, 1.82) is 0 Å². The van der Waals surface area contributed by atoms with Gasteiger partial charge in [0.1, 0.15) is 5.82 Å². The summed E-state index contributed by atoms with van der Waals surface area (Å²) in [6.07, 6.45) is 1.55. The Labute approximate surface area is 137 Å². The predicted molar refractivity (Wildman–Crippen MR) is 85.7 cm³/mol. The maximum atomic E-state index is 13.8. The van der Waals surface area contributed by atoms with Gasteiger partial charge in [0.25, 0.3) is 0 Å². The molecular formula is C16H16FN3O2S. The van der Waals surface area contributed by atoms with Crippen molar-refractivity contribution in [3.63, 3.8) is 0 Å². The average molecular weight is 333 g/mol. The molecule has 0 N–H and O–H groups in total. The van der Waals surface area contributed by atoms with Crippen molar-refractivity contribution in [3.8, 4) is 17.2 Å². The van der Waals surface area contributed by atoms with E-state index in [4.69, 9.17) is 9.15 Å². The van der Waals surface area contributed by atoms with Crippen molar-refractivity contribution >= 4 is 11.5 Å². The molecule has 120 valence electrons. The largest absolute Gasteiger partial charge is 0.480 e. The van der Waals surface area contributed by atoms with Crippen LogP contribution >= 0.6 is 11.5 Å². The second kappa shape index (κ2) is 6.89. The van der Waals surface area contributed by atoms with Crippen LogP contribution in [0.25, 0.3) is 11.3 Å². The van der Waals surface area contributed by atoms with E-state index in [1.807, 2.05) is 18.0 Å². The van der Waals surface area contributed by atoms with E-state index in [0.29, 0.717) is 36.2 Å². The van der Waals surface area contributed by atoms with Crippen molar-refractivity contribution < 1.29 is 13.5 Å². The minimum Gasteiger partial charge on any atom is -0.480 e. The number of hydrogen-bond donors (Lipinski definition) is 0. The van der Waals surface area contributed by atoms with Crippen molar-refractivity contribution in [2.45, 2.75) is 13.1 Å². The molecule has 0 saturated heterocycles. The van der Waals surface area contributed by atoms with Gasteiger partial charge in [0, 0.05) is 17.5 Å². The summed E-state index contributed by atoms with van der Waals surface area (Å²) in [6, 6.07) is 8.40. The molecule has 0 radical (unpaired) electrons. The van der Waals surface area contributed by atoms with E-state index in [-0.39, 0.29) is 5.82 Å². The first-order valence-corrected chi connectivity index (χ1v) is 7.81. The van der Waals surface area contributed by atoms with Crippen LogP contribution in [-0.4, -0.2) is 28.4 Å². The van der Waals surface area contributed by atoms with Gasteiger partial charge in [-0.15, -0.1) is 0 Å². The van der Waals surface area contributed by atoms with Crippen LogP contribution in [0.2, 0.25) is 0 Å². The molecule has 0 atom stereocenters. The van der Waals surface area contributed by atoms with Gasteiger partial charge in [-0.2, -0.15) is 4.37 Å². The molecule has 2 aromatic heterocycles. The molecule has 0 saturated carbocycles. The highest BCUT2D eigenvalue weighted by Gasteiger charge is 2.13. The van der Waals surface area contributed by atoms with Gasteiger partial charge in [0.15, 0.2) is 5.76 Å². The van der Waals surface area contributed by atoms with E-state index in [2.05, 4.69) is 9.36 Å². The van der Waals surface area contributed by atoms with E-state index < -0.39 is 0 Å². The molecule has 0 bridgehead atoms. The molecule has 7 heteroatoms. The molecule has 1 aromatic carbocycles. The molecule has 3 aromatic rings. The van der Waals surface area contributed by atoms with Crippen LogP contribution in [0.5, 0.6) is 5.88 Å². The highest BCUT2D eigenvalue weighted by atomic mass is 32.1. The number of nitrogens with zero attached hydrogens (tertiary/aromatic N) is 3. The smallest absolute Gasteiger partial charge is 0.225 e. The van der Waals surface area contributed by atoms with Crippen LogP contribution in [-0.2, 0) is 13.1 Å². The van der Waals surface area contributed by atoms with Gasteiger partial charge in [-0.3, -0.25) is 4.90 Å². The van der Waals surface area contributed by atoms with E-state index in [1.54, 1.807) is 31.5 Å². The van der Waals surface area contributed by atoms with Crippen molar-refractivity contribution in [3.05, 3.63) is 53.1 Å². The molecule has 3 rings (SSSR count). The average Bonchev–Trinajstić information content (AvgIpc) is 3.17. The first-order valence-electron chi connectivity index (χ1n) is 7.03. The quantitative estimate of drug-likeness (QED) is 0.690. The number of hydrogen-bond acceptors (Lipinski definition) is 6. The van der Waals surface area contributed by atoms with Crippen LogP contribution in [0.4, 0.5) is 4.39 Å². The standard InChI is InChI=1S/C16H16FN3O2S/c1-20(9-11-7-15(21-2)19-23-11)10-16-18-8-14(22-16)12-5-3-4-6-13(12)17/h3-8H,9-10H2,1-2H3. The molecule has 0 fully saturated rings. The van der Waals surface area contributed by atoms with Crippen LogP contribution in [0.3, 0.4) is 0 Å². The molecule has 0 aliphatic heterocycles. The third-order valence-corrected chi connectivity index (χ3v) is 4.02. The molecule has 2 heterocycles. The first-order chi connectivity index (χ1) is 11.2. The summed E-state index contributed by atoms with van der Waals surface area (Å²) in [5, 5.41) is 0. The molecule has 23 heavy (non-hydrogen) atoms. The Kier molecular flexibility index (Phi) is 4.68. The molecule has 0 unspecified atom stereocenters. The number of methoxy groups -OCH3 is 1. The Morgan fingerprint density at radius 1 is 1.30 bits per heavy atom. The second-order valence-corrected chi connectivity index (χ2v) is 6.00. The summed E-state index contributed by atoms with van der Waals surface area (Å²) in [6.45, 7) is 1.23. The van der Waals surface area contributed by atoms with Gasteiger partial charge in [-0.05, 0) is 30.7 Å². The van der Waals surface area contributed by atoms with Crippen molar-refractivity contribution in [2.24, 2.45) is 0 Å². The number of benzene rings is 1. The fourth-order valence-electron chi connectivity index (χ4n) is 2.19. The SMILES string of the molecule is COc1cc(CN(C)Cc2ncc(-c3ccccc3F)o2)sn1. The van der Waals surface area contributed by atoms with Crippen molar-refractivity contribution in [2.75, 3.05) is 14.2 Å². The molecular weight excluding hydrogens is 317 g/mol. The van der Waals surface area contributed by atoms with Gasteiger partial charge in [-0.1, -0.05) is 12.1 Å². The van der Waals surface area contributed by atoms with E-state index in [9.17, 15) is 4.39 Å². The van der Waals surface area contributed by atoms with Gasteiger partial charge < -0.3 is 9.15 Å². The number of halogens is 1. The summed E-state index contributed by atoms with van der Waals surface area (Å²) in [5.41, 5.74) is 0.418. The lowest BCUT2D eigenvalue weighted by molar-refractivity contribution is 0.284. The first kappa shape index (κ1) is 15.6. The topological polar surface area (TPSA) is 51.4 Å². The molecule has 0 aliphatic rings. The molecule has 5 nitrogen and oxygen atoms in total. The number of oxazole rings is 1. The normalized spacial score (nSPS) is 11.1. The Morgan fingerprint density at radius 3 is 2.87 bits per heavy atom. The maximum Gasteiger partial charge on any atom is 0.225 e. The zero-order chi connectivity index (χ0) is 16.2. The van der Waals surface area contributed by atoms with Gasteiger partial charge in [0.05, 0.1) is 25.4 Å². The highest BCUT2D eigenvalue weighted by molar-refractivity contribution is 7.05. The number of rotatable bonds is 6. The minimum absolute atomic E-state index is 0.319. The summed E-state index contributed by atoms with van der Waals surface area (Å²) in [5.74, 6) is 1.28. The Hall–Kier alpha value is -2.25. The summed E-state index contributed by atoms with van der Waals surface area (Å²) >= 11 is 1.40. The Bertz CT molecular complexity index is 787. The number of ether oxygens (including phenoxy) is 1. The fourth-order valence-corrected chi connectivity index (χ4v) is 2.95. The van der Waals surface area contributed by atoms with E-state index in [0.717, 1.165) is 4.88 Å². The Balaban J connectivity index is 1.65. The summed E-state index contributed by atoms with van der Waals surface area (Å²) in [4.78, 5) is 7.36. The monoisotopic (exact) mass is 333 g/mol. The van der Waals surface area contributed by atoms with Gasteiger partial charge in [-0.25, -0.2) is 9.37 Å². The van der Waals surface area contributed by atoms with Crippen LogP contribution in [0.1, 0.15) is 10.8 Å². The van der Waals surface area contributed by atoms with Gasteiger partial charge >= 0.3 is 0 Å². The third kappa shape index (κ3) is 3.75. The molecule has 0 spiro atoms. The summed E-state index contributed by atoms with van der Waals surface area (Å²) in [7, 11) is 3.55. The molecule has 0 aliphatic carbocycles. The minimum atomic E-state index is -0.319. The van der Waals surface area contributed by atoms with E-state index in [1.165, 1.54) is 17.6 Å².